The van der Waals surface area contributed by atoms with Gasteiger partial charge < -0.3 is 16.0 Å². The fourth-order valence-electron chi connectivity index (χ4n) is 3.62. The van der Waals surface area contributed by atoms with Gasteiger partial charge in [-0.3, -0.25) is 14.5 Å². The Morgan fingerprint density at radius 3 is 2.73 bits per heavy atom. The lowest BCUT2D eigenvalue weighted by Crippen LogP contribution is -2.37. The first-order chi connectivity index (χ1) is 14.2. The Balaban J connectivity index is 1.61. The van der Waals surface area contributed by atoms with E-state index < -0.39 is 23.6 Å². The zero-order valence-corrected chi connectivity index (χ0v) is 15.7. The van der Waals surface area contributed by atoms with Crippen LogP contribution in [-0.4, -0.2) is 39.8 Å². The van der Waals surface area contributed by atoms with Crippen LogP contribution < -0.4 is 11.1 Å². The van der Waals surface area contributed by atoms with Crippen molar-refractivity contribution in [2.24, 2.45) is 5.73 Å². The lowest BCUT2D eigenvalue weighted by Gasteiger charge is -2.27. The topological polar surface area (TPSA) is 104 Å². The number of aromatic amines is 1. The van der Waals surface area contributed by atoms with E-state index in [0.29, 0.717) is 25.1 Å². The fraction of sp³-hybridized carbons (Fsp3) is 0.250. The molecule has 0 saturated heterocycles. The fourth-order valence-corrected chi connectivity index (χ4v) is 3.62. The van der Waals surface area contributed by atoms with Crippen LogP contribution in [-0.2, 0) is 23.9 Å². The number of benzene rings is 2. The standard InChI is InChI=1S/C20H18F3N5O2/c21-20(22,23)14-6-15-18(26-10-25-15)16(7-14)27-19(30)12-2-1-11-3-4-28(9-17(24)29)8-13(11)5-12/h1-2,5-7,10H,3-4,8-9H2,(H2,24,29)(H,25,26)(H,27,30). The van der Waals surface area contributed by atoms with Gasteiger partial charge in [0.1, 0.15) is 5.52 Å². The number of primary amides is 1. The minimum absolute atomic E-state index is 0.0286. The number of nitrogens with zero attached hydrogens (tertiary/aromatic N) is 2. The van der Waals surface area contributed by atoms with E-state index in [1.807, 2.05) is 11.0 Å². The van der Waals surface area contributed by atoms with Crippen LogP contribution in [0.2, 0.25) is 0 Å². The molecule has 0 spiro atoms. The molecule has 0 saturated carbocycles. The van der Waals surface area contributed by atoms with E-state index in [2.05, 4.69) is 15.3 Å². The molecule has 0 bridgehead atoms. The van der Waals surface area contributed by atoms with E-state index in [1.54, 1.807) is 12.1 Å². The SMILES string of the molecule is NC(=O)CN1CCc2ccc(C(=O)Nc3cc(C(F)(F)F)cc4[nH]cnc34)cc2C1. The van der Waals surface area contributed by atoms with Gasteiger partial charge in [-0.2, -0.15) is 13.2 Å². The molecular weight excluding hydrogens is 399 g/mol. The van der Waals surface area contributed by atoms with Crippen LogP contribution >= 0.6 is 0 Å². The molecule has 0 atom stereocenters. The minimum Gasteiger partial charge on any atom is -0.369 e. The third-order valence-electron chi connectivity index (χ3n) is 5.04. The molecule has 0 radical (unpaired) electrons. The van der Waals surface area contributed by atoms with Crippen molar-refractivity contribution in [2.45, 2.75) is 19.1 Å². The van der Waals surface area contributed by atoms with Gasteiger partial charge in [-0.1, -0.05) is 6.07 Å². The molecule has 2 heterocycles. The monoisotopic (exact) mass is 417 g/mol. The average molecular weight is 417 g/mol. The van der Waals surface area contributed by atoms with Crippen molar-refractivity contribution in [3.05, 3.63) is 58.9 Å². The molecule has 2 aromatic carbocycles. The Morgan fingerprint density at radius 1 is 1.20 bits per heavy atom. The van der Waals surface area contributed by atoms with Crippen molar-refractivity contribution < 1.29 is 22.8 Å². The summed E-state index contributed by atoms with van der Waals surface area (Å²) in [5.41, 5.74) is 6.99. The molecule has 4 rings (SSSR count). The Labute approximate surface area is 169 Å². The molecule has 30 heavy (non-hydrogen) atoms. The van der Waals surface area contributed by atoms with Crippen molar-refractivity contribution in [2.75, 3.05) is 18.4 Å². The Morgan fingerprint density at radius 2 is 2.00 bits per heavy atom. The highest BCUT2D eigenvalue weighted by Crippen LogP contribution is 2.34. The second-order valence-corrected chi connectivity index (χ2v) is 7.18. The lowest BCUT2D eigenvalue weighted by molar-refractivity contribution is -0.137. The Kier molecular flexibility index (Phi) is 4.94. The van der Waals surface area contributed by atoms with Gasteiger partial charge in [0.05, 0.1) is 29.6 Å². The van der Waals surface area contributed by atoms with Crippen molar-refractivity contribution in [3.63, 3.8) is 0 Å². The number of nitrogens with one attached hydrogen (secondary N) is 2. The maximum atomic E-state index is 13.2. The van der Waals surface area contributed by atoms with E-state index in [0.717, 1.165) is 23.3 Å². The second kappa shape index (κ2) is 7.45. The van der Waals surface area contributed by atoms with Gasteiger partial charge in [-0.05, 0) is 41.8 Å². The first-order valence-corrected chi connectivity index (χ1v) is 9.19. The first kappa shape index (κ1) is 19.9. The predicted molar refractivity (Wildman–Crippen MR) is 104 cm³/mol. The molecule has 2 amide bonds. The predicted octanol–water partition coefficient (Wildman–Crippen LogP) is 2.68. The number of imidazole rings is 1. The molecule has 1 aliphatic rings. The van der Waals surface area contributed by atoms with Gasteiger partial charge in [0.15, 0.2) is 0 Å². The van der Waals surface area contributed by atoms with Crippen molar-refractivity contribution in [1.29, 1.82) is 0 Å². The Bertz CT molecular complexity index is 1140. The summed E-state index contributed by atoms with van der Waals surface area (Å²) in [6.07, 6.45) is -2.58. The summed E-state index contributed by atoms with van der Waals surface area (Å²) in [4.78, 5) is 32.5. The van der Waals surface area contributed by atoms with Crippen LogP contribution in [0.3, 0.4) is 0 Å². The number of nitrogens with two attached hydrogens (primary N) is 1. The number of halogens is 3. The van der Waals surface area contributed by atoms with Gasteiger partial charge in [-0.15, -0.1) is 0 Å². The average Bonchev–Trinajstić information content (AvgIpc) is 3.15. The summed E-state index contributed by atoms with van der Waals surface area (Å²) in [7, 11) is 0. The summed E-state index contributed by atoms with van der Waals surface area (Å²) >= 11 is 0. The smallest absolute Gasteiger partial charge is 0.369 e. The number of fused-ring (bicyclic) bond motifs is 2. The molecule has 7 nitrogen and oxygen atoms in total. The van der Waals surface area contributed by atoms with E-state index in [9.17, 15) is 22.8 Å². The highest BCUT2D eigenvalue weighted by Gasteiger charge is 2.32. The molecule has 156 valence electrons. The van der Waals surface area contributed by atoms with Crippen LogP contribution in [0.4, 0.5) is 18.9 Å². The summed E-state index contributed by atoms with van der Waals surface area (Å²) in [5, 5.41) is 2.54. The second-order valence-electron chi connectivity index (χ2n) is 7.18. The lowest BCUT2D eigenvalue weighted by atomic mass is 9.97. The highest BCUT2D eigenvalue weighted by atomic mass is 19.4. The molecule has 0 aliphatic carbocycles. The molecule has 1 aliphatic heterocycles. The van der Waals surface area contributed by atoms with E-state index in [-0.39, 0.29) is 23.3 Å². The van der Waals surface area contributed by atoms with Gasteiger partial charge >= 0.3 is 6.18 Å². The summed E-state index contributed by atoms with van der Waals surface area (Å²) < 4.78 is 39.6. The summed E-state index contributed by atoms with van der Waals surface area (Å²) in [6.45, 7) is 1.27. The summed E-state index contributed by atoms with van der Waals surface area (Å²) in [5.74, 6) is -0.978. The van der Waals surface area contributed by atoms with Gasteiger partial charge in [-0.25, -0.2) is 4.98 Å². The third-order valence-corrected chi connectivity index (χ3v) is 5.04. The first-order valence-electron chi connectivity index (χ1n) is 9.19. The van der Waals surface area contributed by atoms with Crippen LogP contribution in [0, 0.1) is 0 Å². The quantitative estimate of drug-likeness (QED) is 0.607. The molecule has 4 N–H and O–H groups in total. The maximum absolute atomic E-state index is 13.2. The Hall–Kier alpha value is -3.40. The van der Waals surface area contributed by atoms with Crippen LogP contribution in [0.5, 0.6) is 0 Å². The van der Waals surface area contributed by atoms with Crippen LogP contribution in [0.1, 0.15) is 27.0 Å². The normalized spacial score (nSPS) is 14.5. The third kappa shape index (κ3) is 3.99. The number of hydrogen-bond acceptors (Lipinski definition) is 4. The van der Waals surface area contributed by atoms with E-state index in [1.165, 1.54) is 6.33 Å². The zero-order valence-electron chi connectivity index (χ0n) is 15.7. The van der Waals surface area contributed by atoms with Crippen LogP contribution in [0.15, 0.2) is 36.7 Å². The molecule has 1 aromatic heterocycles. The van der Waals surface area contributed by atoms with Gasteiger partial charge in [0.25, 0.3) is 5.91 Å². The number of carbonyl (C=O) groups is 2. The molecule has 0 fully saturated rings. The minimum atomic E-state index is -4.56. The van der Waals surface area contributed by atoms with Crippen molar-refractivity contribution in [3.8, 4) is 0 Å². The highest BCUT2D eigenvalue weighted by molar-refractivity contribution is 6.08. The molecule has 0 unspecified atom stereocenters. The van der Waals surface area contributed by atoms with Gasteiger partial charge in [0.2, 0.25) is 5.91 Å². The number of hydrogen-bond donors (Lipinski definition) is 3. The number of amides is 2. The van der Waals surface area contributed by atoms with E-state index >= 15 is 0 Å². The number of alkyl halides is 3. The van der Waals surface area contributed by atoms with Crippen LogP contribution in [0.25, 0.3) is 11.0 Å². The summed E-state index contributed by atoms with van der Waals surface area (Å²) in [6, 6.07) is 6.96. The number of anilines is 1. The number of H-pyrrole nitrogens is 1. The number of rotatable bonds is 4. The number of aromatic nitrogens is 2. The van der Waals surface area contributed by atoms with E-state index in [4.69, 9.17) is 5.73 Å². The van der Waals surface area contributed by atoms with Crippen molar-refractivity contribution >= 4 is 28.5 Å². The molecule has 10 heteroatoms. The van der Waals surface area contributed by atoms with Gasteiger partial charge in [0, 0.05) is 18.7 Å². The molecular formula is C20H18F3N5O2. The zero-order chi connectivity index (χ0) is 21.5. The van der Waals surface area contributed by atoms with Crippen molar-refractivity contribution in [1.82, 2.24) is 14.9 Å². The molecule has 3 aromatic rings. The maximum Gasteiger partial charge on any atom is 0.416 e. The number of carbonyl (C=O) groups excluding carboxylic acids is 2. The largest absolute Gasteiger partial charge is 0.416 e.